The molecular formula is C17H17NO2. The zero-order chi connectivity index (χ0) is 14.0. The highest BCUT2D eigenvalue weighted by molar-refractivity contribution is 5.45. The molecule has 2 rings (SSSR count). The number of ether oxygens (including phenoxy) is 1. The summed E-state index contributed by atoms with van der Waals surface area (Å²) in [7, 11) is 0. The van der Waals surface area contributed by atoms with Gasteiger partial charge in [-0.1, -0.05) is 30.0 Å². The fourth-order valence-electron chi connectivity index (χ4n) is 1.73. The molecule has 0 saturated heterocycles. The second-order valence-corrected chi connectivity index (χ2v) is 4.23. The van der Waals surface area contributed by atoms with Crippen molar-refractivity contribution < 1.29 is 9.84 Å². The number of hydrogen-bond acceptors (Lipinski definition) is 3. The number of benzene rings is 1. The molecule has 3 nitrogen and oxygen atoms in total. The second kappa shape index (κ2) is 7.98. The molecule has 0 aliphatic carbocycles. The molecule has 102 valence electrons. The van der Waals surface area contributed by atoms with Crippen molar-refractivity contribution in [1.29, 1.82) is 0 Å². The van der Waals surface area contributed by atoms with Crippen molar-refractivity contribution in [2.75, 3.05) is 13.2 Å². The largest absolute Gasteiger partial charge is 0.492 e. The highest BCUT2D eigenvalue weighted by atomic mass is 16.5. The third-order valence-corrected chi connectivity index (χ3v) is 2.72. The fraction of sp³-hybridized carbons (Fsp3) is 0.235. The summed E-state index contributed by atoms with van der Waals surface area (Å²) >= 11 is 0. The third-order valence-electron chi connectivity index (χ3n) is 2.72. The molecule has 0 bridgehead atoms. The summed E-state index contributed by atoms with van der Waals surface area (Å²) in [5, 5.41) is 8.74. The van der Waals surface area contributed by atoms with Gasteiger partial charge in [0, 0.05) is 25.2 Å². The Hall–Kier alpha value is -2.31. The Morgan fingerprint density at radius 2 is 2.05 bits per heavy atom. The molecule has 0 fully saturated rings. The van der Waals surface area contributed by atoms with Gasteiger partial charge in [0.2, 0.25) is 0 Å². The molecule has 1 N–H and O–H groups in total. The molecule has 20 heavy (non-hydrogen) atoms. The summed E-state index contributed by atoms with van der Waals surface area (Å²) in [4.78, 5) is 4.08. The summed E-state index contributed by atoms with van der Waals surface area (Å²) in [6.07, 6.45) is 4.89. The quantitative estimate of drug-likeness (QED) is 0.846. The van der Waals surface area contributed by atoms with E-state index in [0.717, 1.165) is 23.3 Å². The molecule has 0 aliphatic heterocycles. The van der Waals surface area contributed by atoms with Gasteiger partial charge >= 0.3 is 0 Å². The zero-order valence-electron chi connectivity index (χ0n) is 11.2. The predicted molar refractivity (Wildman–Crippen MR) is 78.5 cm³/mol. The monoisotopic (exact) mass is 267 g/mol. The molecule has 0 unspecified atom stereocenters. The summed E-state index contributed by atoms with van der Waals surface area (Å²) in [6, 6.07) is 11.6. The van der Waals surface area contributed by atoms with E-state index in [1.807, 2.05) is 42.6 Å². The van der Waals surface area contributed by atoms with Gasteiger partial charge in [-0.25, -0.2) is 0 Å². The normalized spacial score (nSPS) is 9.65. The van der Waals surface area contributed by atoms with Crippen LogP contribution in [0.1, 0.15) is 17.5 Å². The van der Waals surface area contributed by atoms with E-state index >= 15 is 0 Å². The van der Waals surface area contributed by atoms with E-state index in [-0.39, 0.29) is 6.61 Å². The number of hydrogen-bond donors (Lipinski definition) is 1. The maximum Gasteiger partial charge on any atom is 0.134 e. The van der Waals surface area contributed by atoms with Gasteiger partial charge in [-0.3, -0.25) is 4.98 Å². The SMILES string of the molecule is OCCC#Cc1ccccc1OCCc1cccnc1. The third kappa shape index (κ3) is 4.42. The molecule has 1 heterocycles. The van der Waals surface area contributed by atoms with E-state index in [9.17, 15) is 0 Å². The topological polar surface area (TPSA) is 42.4 Å². The lowest BCUT2D eigenvalue weighted by molar-refractivity contribution is 0.305. The average Bonchev–Trinajstić information content (AvgIpc) is 2.50. The van der Waals surface area contributed by atoms with Crippen LogP contribution in [0.5, 0.6) is 5.75 Å². The van der Waals surface area contributed by atoms with Crippen molar-refractivity contribution in [2.45, 2.75) is 12.8 Å². The number of aliphatic hydroxyl groups excluding tert-OH is 1. The van der Waals surface area contributed by atoms with E-state index in [0.29, 0.717) is 13.0 Å². The Labute approximate surface area is 119 Å². The second-order valence-electron chi connectivity index (χ2n) is 4.23. The van der Waals surface area contributed by atoms with Gasteiger partial charge in [-0.2, -0.15) is 0 Å². The van der Waals surface area contributed by atoms with Crippen LogP contribution in [0.25, 0.3) is 0 Å². The molecule has 0 radical (unpaired) electrons. The number of para-hydroxylation sites is 1. The van der Waals surface area contributed by atoms with Gasteiger partial charge in [0.05, 0.1) is 18.8 Å². The van der Waals surface area contributed by atoms with Crippen LogP contribution >= 0.6 is 0 Å². The minimum atomic E-state index is 0.0804. The molecular weight excluding hydrogens is 250 g/mol. The first-order valence-corrected chi connectivity index (χ1v) is 6.60. The van der Waals surface area contributed by atoms with Crippen molar-refractivity contribution in [3.8, 4) is 17.6 Å². The lowest BCUT2D eigenvalue weighted by Crippen LogP contribution is -2.02. The van der Waals surface area contributed by atoms with Crippen LogP contribution in [-0.4, -0.2) is 23.3 Å². The standard InChI is InChI=1S/C17H17NO2/c19-12-4-3-8-16-7-1-2-9-17(16)20-13-10-15-6-5-11-18-14-15/h1-2,5-7,9,11,14,19H,4,10,12-13H2. The molecule has 0 amide bonds. The maximum absolute atomic E-state index is 8.74. The lowest BCUT2D eigenvalue weighted by Gasteiger charge is -2.08. The number of nitrogens with zero attached hydrogens (tertiary/aromatic N) is 1. The van der Waals surface area contributed by atoms with Crippen molar-refractivity contribution >= 4 is 0 Å². The highest BCUT2D eigenvalue weighted by Crippen LogP contribution is 2.17. The van der Waals surface area contributed by atoms with Gasteiger partial charge in [0.1, 0.15) is 5.75 Å². The molecule has 3 heteroatoms. The molecule has 1 aromatic heterocycles. The minimum Gasteiger partial charge on any atom is -0.492 e. The van der Waals surface area contributed by atoms with E-state index in [1.165, 1.54) is 0 Å². The summed E-state index contributed by atoms with van der Waals surface area (Å²) in [6.45, 7) is 0.668. The smallest absolute Gasteiger partial charge is 0.134 e. The first-order chi connectivity index (χ1) is 9.90. The fourth-order valence-corrected chi connectivity index (χ4v) is 1.73. The van der Waals surface area contributed by atoms with Gasteiger partial charge < -0.3 is 9.84 Å². The number of pyridine rings is 1. The zero-order valence-corrected chi connectivity index (χ0v) is 11.2. The van der Waals surface area contributed by atoms with Crippen LogP contribution in [0, 0.1) is 11.8 Å². The molecule has 0 atom stereocenters. The van der Waals surface area contributed by atoms with Crippen LogP contribution in [0.15, 0.2) is 48.8 Å². The first kappa shape index (κ1) is 14.1. The van der Waals surface area contributed by atoms with Crippen LogP contribution in [-0.2, 0) is 6.42 Å². The van der Waals surface area contributed by atoms with E-state index < -0.39 is 0 Å². The Morgan fingerprint density at radius 3 is 2.85 bits per heavy atom. The van der Waals surface area contributed by atoms with Gasteiger partial charge in [-0.05, 0) is 23.8 Å². The molecule has 0 spiro atoms. The number of aromatic nitrogens is 1. The number of aliphatic hydroxyl groups is 1. The first-order valence-electron chi connectivity index (χ1n) is 6.60. The van der Waals surface area contributed by atoms with Gasteiger partial charge in [-0.15, -0.1) is 0 Å². The summed E-state index contributed by atoms with van der Waals surface area (Å²) < 4.78 is 5.78. The molecule has 2 aromatic rings. The van der Waals surface area contributed by atoms with Crippen molar-refractivity contribution in [3.05, 3.63) is 59.9 Å². The van der Waals surface area contributed by atoms with Gasteiger partial charge in [0.25, 0.3) is 0 Å². The number of rotatable bonds is 5. The summed E-state index contributed by atoms with van der Waals surface area (Å²) in [5.41, 5.74) is 2.00. The predicted octanol–water partition coefficient (Wildman–Crippen LogP) is 2.44. The minimum absolute atomic E-state index is 0.0804. The van der Waals surface area contributed by atoms with Crippen molar-refractivity contribution in [1.82, 2.24) is 4.98 Å². The summed E-state index contributed by atoms with van der Waals surface area (Å²) in [5.74, 6) is 6.70. The van der Waals surface area contributed by atoms with Crippen LogP contribution < -0.4 is 4.74 Å². The Morgan fingerprint density at radius 1 is 1.15 bits per heavy atom. The van der Waals surface area contributed by atoms with Crippen LogP contribution in [0.4, 0.5) is 0 Å². The van der Waals surface area contributed by atoms with E-state index in [1.54, 1.807) is 6.20 Å². The van der Waals surface area contributed by atoms with E-state index in [2.05, 4.69) is 16.8 Å². The highest BCUT2D eigenvalue weighted by Gasteiger charge is 2.00. The van der Waals surface area contributed by atoms with Gasteiger partial charge in [0.15, 0.2) is 0 Å². The Balaban J connectivity index is 1.94. The lowest BCUT2D eigenvalue weighted by atomic mass is 10.2. The van der Waals surface area contributed by atoms with Crippen molar-refractivity contribution in [3.63, 3.8) is 0 Å². The van der Waals surface area contributed by atoms with E-state index in [4.69, 9.17) is 9.84 Å². The molecule has 0 saturated carbocycles. The van der Waals surface area contributed by atoms with Crippen molar-refractivity contribution in [2.24, 2.45) is 0 Å². The molecule has 0 aliphatic rings. The van der Waals surface area contributed by atoms with Crippen LogP contribution in [0.2, 0.25) is 0 Å². The Bertz CT molecular complexity index is 585. The maximum atomic E-state index is 8.74. The Kier molecular flexibility index (Phi) is 5.63. The molecule has 1 aromatic carbocycles. The van der Waals surface area contributed by atoms with Crippen LogP contribution in [0.3, 0.4) is 0 Å². The average molecular weight is 267 g/mol.